The Kier molecular flexibility index (Phi) is 8.40. The first kappa shape index (κ1) is 14.4. The minimum Gasteiger partial charge on any atom is -0.301 e. The van der Waals surface area contributed by atoms with E-state index in [4.69, 9.17) is 0 Å². The summed E-state index contributed by atoms with van der Waals surface area (Å²) in [6.45, 7) is 5.07. The van der Waals surface area contributed by atoms with E-state index < -0.39 is 0 Å². The van der Waals surface area contributed by atoms with Crippen LogP contribution < -0.4 is 0 Å². The van der Waals surface area contributed by atoms with E-state index in [1.165, 1.54) is 70.9 Å². The highest BCUT2D eigenvalue weighted by atomic mass is 32.1. The molecule has 0 aromatic rings. The van der Waals surface area contributed by atoms with Crippen molar-refractivity contribution in [3.8, 4) is 0 Å². The van der Waals surface area contributed by atoms with Crippen molar-refractivity contribution in [3.63, 3.8) is 0 Å². The second-order valence-electron chi connectivity index (χ2n) is 5.23. The molecule has 1 saturated heterocycles. The molecule has 0 aromatic heterocycles. The van der Waals surface area contributed by atoms with Crippen LogP contribution >= 0.6 is 12.6 Å². The summed E-state index contributed by atoms with van der Waals surface area (Å²) in [6, 6.07) is 0.857. The molecule has 0 bridgehead atoms. The Morgan fingerprint density at radius 2 is 1.62 bits per heavy atom. The van der Waals surface area contributed by atoms with Crippen LogP contribution in [0.5, 0.6) is 0 Å². The van der Waals surface area contributed by atoms with E-state index in [0.29, 0.717) is 0 Å². The third-order valence-electron chi connectivity index (χ3n) is 3.79. The van der Waals surface area contributed by atoms with Crippen molar-refractivity contribution < 1.29 is 0 Å². The van der Waals surface area contributed by atoms with Gasteiger partial charge in [0.2, 0.25) is 0 Å². The zero-order chi connectivity index (χ0) is 11.6. The first-order valence-corrected chi connectivity index (χ1v) is 7.82. The van der Waals surface area contributed by atoms with Crippen LogP contribution in [0.1, 0.15) is 64.7 Å². The Balaban J connectivity index is 1.81. The lowest BCUT2D eigenvalue weighted by molar-refractivity contribution is 0.262. The Hall–Kier alpha value is 0.310. The van der Waals surface area contributed by atoms with Gasteiger partial charge < -0.3 is 4.90 Å². The fourth-order valence-electron chi connectivity index (χ4n) is 2.64. The molecule has 1 atom stereocenters. The molecule has 0 aliphatic carbocycles. The predicted octanol–water partition coefficient (Wildman–Crippen LogP) is 4.13. The van der Waals surface area contributed by atoms with Gasteiger partial charge in [0, 0.05) is 6.04 Å². The van der Waals surface area contributed by atoms with Crippen molar-refractivity contribution in [1.82, 2.24) is 4.90 Å². The molecule has 0 saturated carbocycles. The van der Waals surface area contributed by atoms with Crippen molar-refractivity contribution >= 4 is 12.6 Å². The summed E-state index contributed by atoms with van der Waals surface area (Å²) < 4.78 is 0. The van der Waals surface area contributed by atoms with Crippen molar-refractivity contribution in [3.05, 3.63) is 0 Å². The number of unbranched alkanes of at least 4 members (excludes halogenated alkanes) is 6. The molecule has 0 radical (unpaired) electrons. The maximum atomic E-state index is 4.23. The largest absolute Gasteiger partial charge is 0.301 e. The SMILES string of the molecule is CC1CCCN1CCCCCCCCCS. The average Bonchev–Trinajstić information content (AvgIpc) is 2.68. The molecule has 0 spiro atoms. The minimum atomic E-state index is 0.857. The van der Waals surface area contributed by atoms with Crippen molar-refractivity contribution in [2.45, 2.75) is 70.8 Å². The van der Waals surface area contributed by atoms with E-state index in [1.54, 1.807) is 0 Å². The molecular weight excluding hydrogens is 214 g/mol. The van der Waals surface area contributed by atoms with E-state index in [9.17, 15) is 0 Å². The van der Waals surface area contributed by atoms with Gasteiger partial charge in [0.25, 0.3) is 0 Å². The van der Waals surface area contributed by atoms with Crippen molar-refractivity contribution in [1.29, 1.82) is 0 Å². The summed E-state index contributed by atoms with van der Waals surface area (Å²) in [7, 11) is 0. The lowest BCUT2D eigenvalue weighted by Gasteiger charge is -2.20. The first-order valence-electron chi connectivity index (χ1n) is 7.19. The number of likely N-dealkylation sites (tertiary alicyclic amines) is 1. The summed E-state index contributed by atoms with van der Waals surface area (Å²) in [5.41, 5.74) is 0. The van der Waals surface area contributed by atoms with E-state index in [1.807, 2.05) is 0 Å². The number of hydrogen-bond acceptors (Lipinski definition) is 2. The molecule has 1 rings (SSSR count). The van der Waals surface area contributed by atoms with Gasteiger partial charge in [0.1, 0.15) is 0 Å². The van der Waals surface area contributed by atoms with Crippen LogP contribution in [0.15, 0.2) is 0 Å². The smallest absolute Gasteiger partial charge is 0.00674 e. The lowest BCUT2D eigenvalue weighted by atomic mass is 10.1. The molecule has 1 aliphatic rings. The van der Waals surface area contributed by atoms with Gasteiger partial charge in [-0.2, -0.15) is 12.6 Å². The maximum absolute atomic E-state index is 4.23. The minimum absolute atomic E-state index is 0.857. The molecule has 1 fully saturated rings. The van der Waals surface area contributed by atoms with Crippen LogP contribution in [0, 0.1) is 0 Å². The maximum Gasteiger partial charge on any atom is 0.00674 e. The summed E-state index contributed by atoms with van der Waals surface area (Å²) in [6.07, 6.45) is 12.7. The Labute approximate surface area is 107 Å². The third kappa shape index (κ3) is 6.15. The number of thiol groups is 1. The number of rotatable bonds is 9. The van der Waals surface area contributed by atoms with E-state index in [-0.39, 0.29) is 0 Å². The Morgan fingerprint density at radius 3 is 2.19 bits per heavy atom. The molecule has 96 valence electrons. The fourth-order valence-corrected chi connectivity index (χ4v) is 2.86. The van der Waals surface area contributed by atoms with Gasteiger partial charge in [-0.1, -0.05) is 32.1 Å². The first-order chi connectivity index (χ1) is 7.84. The van der Waals surface area contributed by atoms with Gasteiger partial charge in [-0.3, -0.25) is 0 Å². The van der Waals surface area contributed by atoms with Crippen LogP contribution in [-0.4, -0.2) is 29.8 Å². The van der Waals surface area contributed by atoms with Gasteiger partial charge in [-0.25, -0.2) is 0 Å². The highest BCUT2D eigenvalue weighted by molar-refractivity contribution is 7.80. The molecule has 2 heteroatoms. The van der Waals surface area contributed by atoms with Gasteiger partial charge in [-0.05, 0) is 51.4 Å². The highest BCUT2D eigenvalue weighted by Gasteiger charge is 2.18. The van der Waals surface area contributed by atoms with E-state index >= 15 is 0 Å². The number of nitrogens with zero attached hydrogens (tertiary/aromatic N) is 1. The molecule has 1 nitrogen and oxygen atoms in total. The van der Waals surface area contributed by atoms with Crippen LogP contribution in [-0.2, 0) is 0 Å². The van der Waals surface area contributed by atoms with Gasteiger partial charge in [0.15, 0.2) is 0 Å². The van der Waals surface area contributed by atoms with Gasteiger partial charge in [0.05, 0.1) is 0 Å². The fraction of sp³-hybridized carbons (Fsp3) is 1.00. The van der Waals surface area contributed by atoms with Crippen molar-refractivity contribution in [2.24, 2.45) is 0 Å². The van der Waals surface area contributed by atoms with Crippen LogP contribution in [0.2, 0.25) is 0 Å². The van der Waals surface area contributed by atoms with Crippen LogP contribution in [0.25, 0.3) is 0 Å². The zero-order valence-corrected chi connectivity index (χ0v) is 11.9. The molecule has 0 amide bonds. The summed E-state index contributed by atoms with van der Waals surface area (Å²) in [5, 5.41) is 0. The highest BCUT2D eigenvalue weighted by Crippen LogP contribution is 2.17. The topological polar surface area (TPSA) is 3.24 Å². The average molecular weight is 243 g/mol. The monoisotopic (exact) mass is 243 g/mol. The predicted molar refractivity (Wildman–Crippen MR) is 76.4 cm³/mol. The molecule has 1 unspecified atom stereocenters. The van der Waals surface area contributed by atoms with Crippen LogP contribution in [0.4, 0.5) is 0 Å². The van der Waals surface area contributed by atoms with E-state index in [0.717, 1.165) is 11.8 Å². The summed E-state index contributed by atoms with van der Waals surface area (Å²) in [4.78, 5) is 2.67. The summed E-state index contributed by atoms with van der Waals surface area (Å²) >= 11 is 4.23. The summed E-state index contributed by atoms with van der Waals surface area (Å²) in [5.74, 6) is 1.06. The second kappa shape index (κ2) is 9.35. The standard InChI is InChI=1S/C14H29NS/c1-14-10-9-12-15(14)11-7-5-3-2-4-6-8-13-16/h14,16H,2-13H2,1H3. The van der Waals surface area contributed by atoms with Gasteiger partial charge in [-0.15, -0.1) is 0 Å². The van der Waals surface area contributed by atoms with E-state index in [2.05, 4.69) is 24.5 Å². The Morgan fingerprint density at radius 1 is 1.00 bits per heavy atom. The molecular formula is C14H29NS. The quantitative estimate of drug-likeness (QED) is 0.471. The lowest BCUT2D eigenvalue weighted by Crippen LogP contribution is -2.27. The van der Waals surface area contributed by atoms with Crippen LogP contribution in [0.3, 0.4) is 0 Å². The molecule has 0 aromatic carbocycles. The normalized spacial score (nSPS) is 21.8. The van der Waals surface area contributed by atoms with Gasteiger partial charge >= 0.3 is 0 Å². The molecule has 0 N–H and O–H groups in total. The second-order valence-corrected chi connectivity index (χ2v) is 5.67. The number of hydrogen-bond donors (Lipinski definition) is 1. The third-order valence-corrected chi connectivity index (χ3v) is 4.11. The molecule has 1 heterocycles. The Bertz CT molecular complexity index is 161. The zero-order valence-electron chi connectivity index (χ0n) is 11.0. The molecule has 16 heavy (non-hydrogen) atoms. The molecule has 1 aliphatic heterocycles. The van der Waals surface area contributed by atoms with Crippen molar-refractivity contribution in [2.75, 3.05) is 18.8 Å².